The van der Waals surface area contributed by atoms with Crippen LogP contribution in [0, 0.1) is 13.8 Å². The molecule has 0 spiro atoms. The van der Waals surface area contributed by atoms with Crippen LogP contribution in [0.5, 0.6) is 5.75 Å². The molecule has 262 valence electrons. The lowest BCUT2D eigenvalue weighted by atomic mass is 10.1. The molecule has 0 aliphatic rings. The quantitative estimate of drug-likeness (QED) is 0.188. The van der Waals surface area contributed by atoms with Crippen molar-refractivity contribution in [2.24, 2.45) is 0 Å². The maximum atomic E-state index is 13.8. The number of likely N-dealkylation sites (N-methyl/N-ethyl adjacent to an activating group) is 3. The van der Waals surface area contributed by atoms with Gasteiger partial charge in [0.2, 0.25) is 11.8 Å². The third kappa shape index (κ3) is 10.7. The van der Waals surface area contributed by atoms with Gasteiger partial charge in [0.25, 0.3) is 5.91 Å². The zero-order valence-corrected chi connectivity index (χ0v) is 29.6. The Labute approximate surface area is 294 Å². The number of hydrogen-bond acceptors (Lipinski definition) is 6. The summed E-state index contributed by atoms with van der Waals surface area (Å²) >= 11 is 0. The molecule has 0 heterocycles. The Balaban J connectivity index is 1.51. The molecular weight excluding hydrogens is 632 g/mol. The SMILES string of the molecule is Cc1cc(C)cc(N(C)C(=O)COc2ccccc2N(CC(=O)N(C)c2ccccc2)C(=O)CNC(=O)Nc2cccc(CCN(C)C)c2)c1. The van der Waals surface area contributed by atoms with Gasteiger partial charge in [0.05, 0.1) is 12.2 Å². The van der Waals surface area contributed by atoms with Crippen molar-refractivity contribution in [3.63, 3.8) is 0 Å². The fourth-order valence-electron chi connectivity index (χ4n) is 5.26. The normalized spacial score (nSPS) is 10.7. The fraction of sp³-hybridized carbons (Fsp3) is 0.282. The van der Waals surface area contributed by atoms with Gasteiger partial charge >= 0.3 is 6.03 Å². The first-order valence-electron chi connectivity index (χ1n) is 16.4. The number of nitrogens with zero attached hydrogens (tertiary/aromatic N) is 4. The van der Waals surface area contributed by atoms with Gasteiger partial charge < -0.3 is 30.1 Å². The van der Waals surface area contributed by atoms with Gasteiger partial charge in [0.15, 0.2) is 6.61 Å². The Morgan fingerprint density at radius 2 is 1.34 bits per heavy atom. The Bertz CT molecular complexity index is 1770. The number of hydrogen-bond donors (Lipinski definition) is 2. The molecule has 2 N–H and O–H groups in total. The molecule has 5 amide bonds. The lowest BCUT2D eigenvalue weighted by Crippen LogP contribution is -2.46. The Hall–Kier alpha value is -5.68. The third-order valence-corrected chi connectivity index (χ3v) is 8.02. The molecule has 50 heavy (non-hydrogen) atoms. The van der Waals surface area contributed by atoms with E-state index < -0.39 is 18.5 Å². The van der Waals surface area contributed by atoms with Gasteiger partial charge in [-0.25, -0.2) is 4.79 Å². The molecule has 0 aromatic heterocycles. The molecule has 4 aromatic rings. The number of para-hydroxylation sites is 3. The van der Waals surface area contributed by atoms with E-state index in [-0.39, 0.29) is 36.4 Å². The van der Waals surface area contributed by atoms with Crippen molar-refractivity contribution in [3.05, 3.63) is 114 Å². The molecule has 4 aromatic carbocycles. The van der Waals surface area contributed by atoms with E-state index >= 15 is 0 Å². The number of amides is 5. The minimum atomic E-state index is -0.569. The number of carbonyl (C=O) groups excluding carboxylic acids is 4. The molecule has 0 fully saturated rings. The number of benzene rings is 4. The molecule has 0 saturated heterocycles. The number of anilines is 4. The topological polar surface area (TPSA) is 115 Å². The van der Waals surface area contributed by atoms with E-state index in [0.717, 1.165) is 35.3 Å². The van der Waals surface area contributed by atoms with E-state index in [1.807, 2.05) is 82.5 Å². The first-order chi connectivity index (χ1) is 23.9. The van der Waals surface area contributed by atoms with E-state index in [0.29, 0.717) is 11.4 Å². The van der Waals surface area contributed by atoms with Crippen molar-refractivity contribution < 1.29 is 23.9 Å². The van der Waals surface area contributed by atoms with Crippen molar-refractivity contribution >= 4 is 46.5 Å². The number of ether oxygens (including phenoxy) is 1. The molecular formula is C39H46N6O5. The van der Waals surface area contributed by atoms with Crippen LogP contribution in [0.25, 0.3) is 0 Å². The largest absolute Gasteiger partial charge is 0.482 e. The monoisotopic (exact) mass is 678 g/mol. The number of rotatable bonds is 14. The smallest absolute Gasteiger partial charge is 0.319 e. The van der Waals surface area contributed by atoms with Gasteiger partial charge in [-0.3, -0.25) is 19.3 Å². The summed E-state index contributed by atoms with van der Waals surface area (Å²) in [5.74, 6) is -0.989. The molecule has 0 unspecified atom stereocenters. The Morgan fingerprint density at radius 1 is 0.680 bits per heavy atom. The lowest BCUT2D eigenvalue weighted by Gasteiger charge is -2.27. The maximum absolute atomic E-state index is 13.8. The molecule has 0 bridgehead atoms. The molecule has 0 radical (unpaired) electrons. The van der Waals surface area contributed by atoms with E-state index in [1.165, 1.54) is 14.7 Å². The predicted molar refractivity (Wildman–Crippen MR) is 199 cm³/mol. The van der Waals surface area contributed by atoms with Crippen LogP contribution in [0.2, 0.25) is 0 Å². The van der Waals surface area contributed by atoms with Crippen molar-refractivity contribution in [2.45, 2.75) is 20.3 Å². The molecule has 0 saturated carbocycles. The van der Waals surface area contributed by atoms with Crippen molar-refractivity contribution in [3.8, 4) is 5.75 Å². The lowest BCUT2D eigenvalue weighted by molar-refractivity contribution is -0.121. The summed E-state index contributed by atoms with van der Waals surface area (Å²) in [5, 5.41) is 5.40. The maximum Gasteiger partial charge on any atom is 0.319 e. The highest BCUT2D eigenvalue weighted by Gasteiger charge is 2.25. The van der Waals surface area contributed by atoms with Crippen molar-refractivity contribution in [1.82, 2.24) is 10.2 Å². The van der Waals surface area contributed by atoms with E-state index in [9.17, 15) is 19.2 Å². The second-order valence-electron chi connectivity index (χ2n) is 12.4. The minimum absolute atomic E-state index is 0.233. The van der Waals surface area contributed by atoms with Crippen LogP contribution in [0.4, 0.5) is 27.5 Å². The van der Waals surface area contributed by atoms with Crippen molar-refractivity contribution in [1.29, 1.82) is 0 Å². The second-order valence-corrected chi connectivity index (χ2v) is 12.4. The molecule has 0 aliphatic carbocycles. The summed E-state index contributed by atoms with van der Waals surface area (Å²) in [6, 6.07) is 28.6. The number of carbonyl (C=O) groups is 4. The number of aryl methyl sites for hydroxylation is 2. The fourth-order valence-corrected chi connectivity index (χ4v) is 5.26. The van der Waals surface area contributed by atoms with Crippen LogP contribution in [0.15, 0.2) is 97.1 Å². The Kier molecular flexibility index (Phi) is 13.1. The molecule has 4 rings (SSSR count). The second kappa shape index (κ2) is 17.6. The zero-order valence-electron chi connectivity index (χ0n) is 29.6. The van der Waals surface area contributed by atoms with E-state index in [1.54, 1.807) is 56.6 Å². The average molecular weight is 679 g/mol. The summed E-state index contributed by atoms with van der Waals surface area (Å²) < 4.78 is 6.00. The first-order valence-corrected chi connectivity index (χ1v) is 16.4. The highest BCUT2D eigenvalue weighted by Crippen LogP contribution is 2.29. The molecule has 11 heteroatoms. The highest BCUT2D eigenvalue weighted by molar-refractivity contribution is 6.06. The summed E-state index contributed by atoms with van der Waals surface area (Å²) in [5.41, 5.74) is 5.39. The number of nitrogens with one attached hydrogen (secondary N) is 2. The van der Waals surface area contributed by atoms with Crippen LogP contribution < -0.4 is 30.1 Å². The van der Waals surface area contributed by atoms with Crippen molar-refractivity contribution in [2.75, 3.05) is 74.4 Å². The number of urea groups is 1. The molecule has 11 nitrogen and oxygen atoms in total. The van der Waals surface area contributed by atoms with E-state index in [2.05, 4.69) is 15.5 Å². The van der Waals surface area contributed by atoms with Crippen LogP contribution in [-0.4, -0.2) is 83.1 Å². The summed E-state index contributed by atoms with van der Waals surface area (Å²) in [6.45, 7) is 3.73. The van der Waals surface area contributed by atoms with Crippen LogP contribution >= 0.6 is 0 Å². The summed E-state index contributed by atoms with van der Waals surface area (Å²) in [6.07, 6.45) is 0.817. The zero-order chi connectivity index (χ0) is 36.2. The van der Waals surface area contributed by atoms with Gasteiger partial charge in [0, 0.05) is 37.7 Å². The standard InChI is InChI=1S/C39H46N6O5/c1-28-21-29(2)23-33(22-28)44(6)38(48)27-50-35-18-11-10-17-34(35)45(26-37(47)43(5)32-15-8-7-9-16-32)36(46)25-40-39(49)41-31-14-12-13-30(24-31)19-20-42(3)4/h7-18,21-24H,19-20,25-27H2,1-6H3,(H2,40,41,49). The van der Waals surface area contributed by atoms with Gasteiger partial charge in [-0.1, -0.05) is 48.5 Å². The van der Waals surface area contributed by atoms with Crippen LogP contribution in [0.1, 0.15) is 16.7 Å². The summed E-state index contributed by atoms with van der Waals surface area (Å²) in [7, 11) is 7.30. The van der Waals surface area contributed by atoms with Crippen LogP contribution in [-0.2, 0) is 20.8 Å². The third-order valence-electron chi connectivity index (χ3n) is 8.02. The van der Waals surface area contributed by atoms with Gasteiger partial charge in [0.1, 0.15) is 12.3 Å². The minimum Gasteiger partial charge on any atom is -0.482 e. The summed E-state index contributed by atoms with van der Waals surface area (Å²) in [4.78, 5) is 59.8. The van der Waals surface area contributed by atoms with Gasteiger partial charge in [-0.2, -0.15) is 0 Å². The first kappa shape index (κ1) is 37.1. The predicted octanol–water partition coefficient (Wildman–Crippen LogP) is 5.27. The highest BCUT2D eigenvalue weighted by atomic mass is 16.5. The Morgan fingerprint density at radius 3 is 2.04 bits per heavy atom. The van der Waals surface area contributed by atoms with Gasteiger partial charge in [-0.15, -0.1) is 0 Å². The van der Waals surface area contributed by atoms with E-state index in [4.69, 9.17) is 4.74 Å². The average Bonchev–Trinajstić information content (AvgIpc) is 3.10. The van der Waals surface area contributed by atoms with Crippen LogP contribution in [0.3, 0.4) is 0 Å². The molecule has 0 atom stereocenters. The molecule has 0 aliphatic heterocycles. The van der Waals surface area contributed by atoms with Gasteiger partial charge in [-0.05, 0) is 99.6 Å².